The van der Waals surface area contributed by atoms with E-state index in [1.165, 1.54) is 12.1 Å². The molecule has 78 valence electrons. The predicted octanol–water partition coefficient (Wildman–Crippen LogP) is 2.00. The Balaban J connectivity index is 2.10. The number of nitrogens with two attached hydrogens (primary N) is 1. The Hall–Kier alpha value is -1.40. The van der Waals surface area contributed by atoms with Crippen LogP contribution >= 0.6 is 0 Å². The van der Waals surface area contributed by atoms with Crippen LogP contribution in [0.25, 0.3) is 0 Å². The van der Waals surface area contributed by atoms with Crippen molar-refractivity contribution in [2.75, 3.05) is 0 Å². The molecular formula is C12H13FN2. The molecule has 0 bridgehead atoms. The second-order valence-electron chi connectivity index (χ2n) is 4.27. The van der Waals surface area contributed by atoms with Crippen LogP contribution in [0.5, 0.6) is 0 Å². The zero-order valence-electron chi connectivity index (χ0n) is 8.41. The summed E-state index contributed by atoms with van der Waals surface area (Å²) in [5, 5.41) is 8.80. The van der Waals surface area contributed by atoms with Gasteiger partial charge >= 0.3 is 0 Å². The Labute approximate surface area is 88.5 Å². The van der Waals surface area contributed by atoms with Crippen LogP contribution in [-0.4, -0.2) is 6.04 Å². The van der Waals surface area contributed by atoms with Crippen molar-refractivity contribution in [1.82, 2.24) is 0 Å². The average molecular weight is 204 g/mol. The summed E-state index contributed by atoms with van der Waals surface area (Å²) in [5.74, 6) is -0.229. The molecule has 3 heteroatoms. The van der Waals surface area contributed by atoms with Gasteiger partial charge in [-0.3, -0.25) is 0 Å². The first kappa shape index (κ1) is 10.1. The molecule has 0 radical (unpaired) electrons. The fraction of sp³-hybridized carbons (Fsp3) is 0.417. The third-order valence-corrected chi connectivity index (χ3v) is 3.16. The molecule has 1 aromatic rings. The smallest absolute Gasteiger partial charge is 0.123 e. The van der Waals surface area contributed by atoms with Gasteiger partial charge in [-0.2, -0.15) is 5.26 Å². The van der Waals surface area contributed by atoms with Crippen molar-refractivity contribution < 1.29 is 4.39 Å². The van der Waals surface area contributed by atoms with Crippen LogP contribution in [0.3, 0.4) is 0 Å². The molecule has 1 aromatic carbocycles. The molecule has 1 fully saturated rings. The van der Waals surface area contributed by atoms with E-state index in [0.29, 0.717) is 0 Å². The monoisotopic (exact) mass is 204 g/mol. The summed E-state index contributed by atoms with van der Waals surface area (Å²) in [4.78, 5) is 0. The zero-order valence-corrected chi connectivity index (χ0v) is 8.41. The van der Waals surface area contributed by atoms with Crippen molar-refractivity contribution in [1.29, 1.82) is 5.26 Å². The van der Waals surface area contributed by atoms with Crippen LogP contribution in [0, 0.1) is 22.6 Å². The van der Waals surface area contributed by atoms with Crippen molar-refractivity contribution in [2.24, 2.45) is 11.1 Å². The number of nitriles is 1. The predicted molar refractivity (Wildman–Crippen MR) is 55.4 cm³/mol. The highest BCUT2D eigenvalue weighted by Gasteiger charge is 2.47. The lowest BCUT2D eigenvalue weighted by Gasteiger charge is -2.17. The summed E-state index contributed by atoms with van der Waals surface area (Å²) in [6.07, 6.45) is 2.78. The van der Waals surface area contributed by atoms with E-state index >= 15 is 0 Å². The van der Waals surface area contributed by atoms with Crippen LogP contribution in [0.4, 0.5) is 4.39 Å². The molecule has 0 aliphatic heterocycles. The first-order valence-electron chi connectivity index (χ1n) is 5.06. The fourth-order valence-electron chi connectivity index (χ4n) is 1.90. The van der Waals surface area contributed by atoms with Crippen LogP contribution in [-0.2, 0) is 6.42 Å². The fourth-order valence-corrected chi connectivity index (χ4v) is 1.90. The van der Waals surface area contributed by atoms with Crippen molar-refractivity contribution >= 4 is 0 Å². The average Bonchev–Trinajstić information content (AvgIpc) is 3.01. The molecule has 2 N–H and O–H groups in total. The van der Waals surface area contributed by atoms with Crippen LogP contribution in [0.1, 0.15) is 18.4 Å². The molecule has 1 atom stereocenters. The molecule has 1 saturated carbocycles. The molecule has 1 aliphatic carbocycles. The van der Waals surface area contributed by atoms with Crippen LogP contribution in [0.15, 0.2) is 24.3 Å². The second-order valence-corrected chi connectivity index (χ2v) is 4.27. The number of halogens is 1. The minimum absolute atomic E-state index is 0.0490. The maximum Gasteiger partial charge on any atom is 0.123 e. The van der Waals surface area contributed by atoms with E-state index < -0.39 is 6.04 Å². The highest BCUT2D eigenvalue weighted by atomic mass is 19.1. The van der Waals surface area contributed by atoms with E-state index in [1.807, 2.05) is 0 Å². The Morgan fingerprint density at radius 3 is 2.47 bits per heavy atom. The van der Waals surface area contributed by atoms with Gasteiger partial charge in [0.15, 0.2) is 0 Å². The summed E-state index contributed by atoms with van der Waals surface area (Å²) in [6.45, 7) is 0. The maximum atomic E-state index is 12.7. The first-order chi connectivity index (χ1) is 7.16. The minimum Gasteiger partial charge on any atom is -0.315 e. The summed E-state index contributed by atoms with van der Waals surface area (Å²) in [7, 11) is 0. The Kier molecular flexibility index (Phi) is 2.45. The van der Waals surface area contributed by atoms with Gasteiger partial charge in [0, 0.05) is 5.41 Å². The van der Waals surface area contributed by atoms with Crippen molar-refractivity contribution in [3.05, 3.63) is 35.6 Å². The van der Waals surface area contributed by atoms with Gasteiger partial charge in [-0.15, -0.1) is 0 Å². The maximum absolute atomic E-state index is 12.7. The summed E-state index contributed by atoms with van der Waals surface area (Å²) in [5.41, 5.74) is 6.76. The van der Waals surface area contributed by atoms with Crippen molar-refractivity contribution in [3.63, 3.8) is 0 Å². The molecule has 0 spiro atoms. The molecule has 0 aromatic heterocycles. The van der Waals surface area contributed by atoms with Crippen LogP contribution in [0.2, 0.25) is 0 Å². The molecule has 15 heavy (non-hydrogen) atoms. The Morgan fingerprint density at radius 2 is 2.00 bits per heavy atom. The van der Waals surface area contributed by atoms with Crippen molar-refractivity contribution in [3.8, 4) is 6.07 Å². The molecular weight excluding hydrogens is 191 g/mol. The SMILES string of the molecule is N#CC(N)C1(Cc2ccc(F)cc2)CC1. The van der Waals surface area contributed by atoms with E-state index in [-0.39, 0.29) is 11.2 Å². The zero-order chi connectivity index (χ0) is 10.9. The molecule has 1 unspecified atom stereocenters. The Bertz CT molecular complexity index is 387. The first-order valence-corrected chi connectivity index (χ1v) is 5.06. The van der Waals surface area contributed by atoms with E-state index in [4.69, 9.17) is 11.0 Å². The summed E-state index contributed by atoms with van der Waals surface area (Å²) < 4.78 is 12.7. The largest absolute Gasteiger partial charge is 0.315 e. The number of rotatable bonds is 3. The molecule has 2 rings (SSSR count). The number of benzene rings is 1. The molecule has 0 amide bonds. The van der Waals surface area contributed by atoms with Gasteiger partial charge in [0.2, 0.25) is 0 Å². The molecule has 0 saturated heterocycles. The van der Waals surface area contributed by atoms with Gasteiger partial charge in [-0.1, -0.05) is 12.1 Å². The topological polar surface area (TPSA) is 49.8 Å². The standard InChI is InChI=1S/C12H13FN2/c13-10-3-1-9(2-4-10)7-12(5-6-12)11(15)8-14/h1-4,11H,5-7,15H2. The lowest BCUT2D eigenvalue weighted by Crippen LogP contribution is -2.31. The van der Waals surface area contributed by atoms with Gasteiger partial charge in [-0.25, -0.2) is 4.39 Å². The van der Waals surface area contributed by atoms with Gasteiger partial charge in [0.25, 0.3) is 0 Å². The second kappa shape index (κ2) is 3.63. The van der Waals surface area contributed by atoms with Gasteiger partial charge < -0.3 is 5.73 Å². The summed E-state index contributed by atoms with van der Waals surface area (Å²) in [6, 6.07) is 8.12. The third-order valence-electron chi connectivity index (χ3n) is 3.16. The molecule has 0 heterocycles. The van der Waals surface area contributed by atoms with E-state index in [2.05, 4.69) is 6.07 Å². The van der Waals surface area contributed by atoms with Gasteiger partial charge in [0.05, 0.1) is 12.1 Å². The number of hydrogen-bond acceptors (Lipinski definition) is 2. The third kappa shape index (κ3) is 2.00. The lowest BCUT2D eigenvalue weighted by atomic mass is 9.90. The van der Waals surface area contributed by atoms with Gasteiger partial charge in [0.1, 0.15) is 5.82 Å². The minimum atomic E-state index is -0.400. The number of hydrogen-bond donors (Lipinski definition) is 1. The van der Waals surface area contributed by atoms with Crippen molar-refractivity contribution in [2.45, 2.75) is 25.3 Å². The molecule has 1 aliphatic rings. The van der Waals surface area contributed by atoms with Gasteiger partial charge in [-0.05, 0) is 37.0 Å². The lowest BCUT2D eigenvalue weighted by molar-refractivity contribution is 0.456. The van der Waals surface area contributed by atoms with E-state index in [1.54, 1.807) is 12.1 Å². The van der Waals surface area contributed by atoms with Crippen LogP contribution < -0.4 is 5.73 Å². The summed E-state index contributed by atoms with van der Waals surface area (Å²) >= 11 is 0. The van der Waals surface area contributed by atoms with E-state index in [0.717, 1.165) is 24.8 Å². The highest BCUT2D eigenvalue weighted by Crippen LogP contribution is 2.50. The van der Waals surface area contributed by atoms with E-state index in [9.17, 15) is 4.39 Å². The quantitative estimate of drug-likeness (QED) is 0.818. The molecule has 2 nitrogen and oxygen atoms in total. The Morgan fingerprint density at radius 1 is 1.40 bits per heavy atom. The number of nitrogens with zero attached hydrogens (tertiary/aromatic N) is 1. The normalized spacial score (nSPS) is 19.3. The highest BCUT2D eigenvalue weighted by molar-refractivity contribution is 5.22.